The summed E-state index contributed by atoms with van der Waals surface area (Å²) < 4.78 is 4.64. The van der Waals surface area contributed by atoms with E-state index in [1.54, 1.807) is 13.8 Å². The summed E-state index contributed by atoms with van der Waals surface area (Å²) in [5.41, 5.74) is 0. The Morgan fingerprint density at radius 2 is 2.08 bits per heavy atom. The predicted octanol–water partition coefficient (Wildman–Crippen LogP) is 1.05. The van der Waals surface area contributed by atoms with Crippen LogP contribution in [0.1, 0.15) is 26.7 Å². The van der Waals surface area contributed by atoms with Crippen molar-refractivity contribution in [3.63, 3.8) is 0 Å². The fourth-order valence-corrected chi connectivity index (χ4v) is 0.691. The van der Waals surface area contributed by atoms with Gasteiger partial charge in [-0.25, -0.2) is 0 Å². The molecule has 0 amide bonds. The second-order valence-electron chi connectivity index (χ2n) is 2.58. The Morgan fingerprint density at radius 3 is 2.50 bits per heavy atom. The largest absolute Gasteiger partial charge is 0.481 e. The van der Waals surface area contributed by atoms with Gasteiger partial charge in [0.05, 0.1) is 12.5 Å². The molecule has 0 spiro atoms. The maximum Gasteiger partial charge on any atom is 0.306 e. The Morgan fingerprint density at radius 1 is 1.50 bits per heavy atom. The third-order valence-electron chi connectivity index (χ3n) is 1.51. The van der Waals surface area contributed by atoms with Gasteiger partial charge in [0.25, 0.3) is 0 Å². The topological polar surface area (TPSA) is 63.6 Å². The minimum atomic E-state index is -0.876. The Balaban J connectivity index is 3.54. The number of hydrogen-bond donors (Lipinski definition) is 1. The molecule has 0 aromatic rings. The number of rotatable bonds is 5. The molecule has 0 aliphatic rings. The number of aliphatic carboxylic acids is 1. The molecule has 0 saturated heterocycles. The summed E-state index contributed by atoms with van der Waals surface area (Å²) in [6.07, 6.45) is 0.523. The van der Waals surface area contributed by atoms with Crippen LogP contribution in [0.4, 0.5) is 0 Å². The minimum Gasteiger partial charge on any atom is -0.481 e. The summed E-state index contributed by atoms with van der Waals surface area (Å²) in [7, 11) is 0. The van der Waals surface area contributed by atoms with Gasteiger partial charge >= 0.3 is 11.9 Å². The molecule has 0 aliphatic heterocycles. The summed E-state index contributed by atoms with van der Waals surface area (Å²) >= 11 is 0. The molecule has 0 aliphatic carbocycles. The third-order valence-corrected chi connectivity index (χ3v) is 1.51. The molecule has 1 N–H and O–H groups in total. The number of esters is 1. The first-order chi connectivity index (χ1) is 5.57. The standard InChI is InChI=1S/C8H14O4/c1-3-12-7(9)5-4-6(2)8(10)11/h6H,3-5H2,1-2H3,(H,10,11)/t6-/m0/s1. The summed E-state index contributed by atoms with van der Waals surface area (Å²) in [6.45, 7) is 3.64. The maximum absolute atomic E-state index is 10.8. The van der Waals surface area contributed by atoms with Crippen molar-refractivity contribution in [3.05, 3.63) is 0 Å². The van der Waals surface area contributed by atoms with Crippen LogP contribution in [-0.4, -0.2) is 23.7 Å². The van der Waals surface area contributed by atoms with Crippen molar-refractivity contribution in [2.24, 2.45) is 5.92 Å². The maximum atomic E-state index is 10.8. The predicted molar refractivity (Wildman–Crippen MR) is 42.7 cm³/mol. The van der Waals surface area contributed by atoms with Gasteiger partial charge in [0, 0.05) is 6.42 Å². The molecule has 0 unspecified atom stereocenters. The molecule has 12 heavy (non-hydrogen) atoms. The Labute approximate surface area is 71.5 Å². The number of hydrogen-bond acceptors (Lipinski definition) is 3. The fourth-order valence-electron chi connectivity index (χ4n) is 0.691. The highest BCUT2D eigenvalue weighted by Crippen LogP contribution is 2.05. The van der Waals surface area contributed by atoms with Crippen LogP contribution in [0.2, 0.25) is 0 Å². The highest BCUT2D eigenvalue weighted by molar-refractivity contribution is 5.72. The van der Waals surface area contributed by atoms with E-state index in [1.807, 2.05) is 0 Å². The number of carboxylic acids is 1. The molecule has 0 radical (unpaired) electrons. The zero-order valence-corrected chi connectivity index (χ0v) is 7.37. The van der Waals surface area contributed by atoms with E-state index in [1.165, 1.54) is 0 Å². The van der Waals surface area contributed by atoms with Gasteiger partial charge in [-0.05, 0) is 13.3 Å². The van der Waals surface area contributed by atoms with Gasteiger partial charge in [0.15, 0.2) is 0 Å². The van der Waals surface area contributed by atoms with Crippen molar-refractivity contribution in [2.75, 3.05) is 6.61 Å². The monoisotopic (exact) mass is 174 g/mol. The van der Waals surface area contributed by atoms with Crippen LogP contribution in [0.5, 0.6) is 0 Å². The van der Waals surface area contributed by atoms with Crippen molar-refractivity contribution in [2.45, 2.75) is 26.7 Å². The molecule has 1 atom stereocenters. The van der Waals surface area contributed by atoms with E-state index < -0.39 is 11.9 Å². The molecule has 0 aromatic carbocycles. The minimum absolute atomic E-state index is 0.182. The average Bonchev–Trinajstić information content (AvgIpc) is 2.00. The van der Waals surface area contributed by atoms with Crippen molar-refractivity contribution >= 4 is 11.9 Å². The van der Waals surface area contributed by atoms with E-state index in [-0.39, 0.29) is 12.4 Å². The van der Waals surface area contributed by atoms with Crippen molar-refractivity contribution < 1.29 is 19.4 Å². The molecule has 0 bridgehead atoms. The van der Waals surface area contributed by atoms with Gasteiger partial charge in [0.1, 0.15) is 0 Å². The lowest BCUT2D eigenvalue weighted by atomic mass is 10.1. The molecule has 0 aromatic heterocycles. The van der Waals surface area contributed by atoms with E-state index in [0.29, 0.717) is 13.0 Å². The summed E-state index contributed by atoms with van der Waals surface area (Å²) in [6, 6.07) is 0. The van der Waals surface area contributed by atoms with Gasteiger partial charge < -0.3 is 9.84 Å². The lowest BCUT2D eigenvalue weighted by Crippen LogP contribution is -2.12. The van der Waals surface area contributed by atoms with Crippen molar-refractivity contribution in [1.29, 1.82) is 0 Å². The molecule has 0 rings (SSSR count). The zero-order chi connectivity index (χ0) is 9.56. The number of carboxylic acid groups (broad SMARTS) is 1. The second kappa shape index (κ2) is 5.57. The lowest BCUT2D eigenvalue weighted by molar-refractivity contribution is -0.144. The van der Waals surface area contributed by atoms with Crippen molar-refractivity contribution in [1.82, 2.24) is 0 Å². The van der Waals surface area contributed by atoms with Crippen LogP contribution >= 0.6 is 0 Å². The van der Waals surface area contributed by atoms with E-state index in [4.69, 9.17) is 5.11 Å². The van der Waals surface area contributed by atoms with Crippen LogP contribution in [-0.2, 0) is 14.3 Å². The van der Waals surface area contributed by atoms with Crippen LogP contribution < -0.4 is 0 Å². The van der Waals surface area contributed by atoms with E-state index in [9.17, 15) is 9.59 Å². The molecular formula is C8H14O4. The highest BCUT2D eigenvalue weighted by atomic mass is 16.5. The summed E-state index contributed by atoms with van der Waals surface area (Å²) in [5, 5.41) is 8.47. The van der Waals surface area contributed by atoms with Gasteiger partial charge in [-0.1, -0.05) is 6.92 Å². The van der Waals surface area contributed by atoms with Crippen LogP contribution in [0.25, 0.3) is 0 Å². The highest BCUT2D eigenvalue weighted by Gasteiger charge is 2.12. The first-order valence-corrected chi connectivity index (χ1v) is 3.96. The Hall–Kier alpha value is -1.06. The van der Waals surface area contributed by atoms with E-state index >= 15 is 0 Å². The smallest absolute Gasteiger partial charge is 0.306 e. The molecule has 0 fully saturated rings. The van der Waals surface area contributed by atoms with Crippen LogP contribution in [0.3, 0.4) is 0 Å². The molecule has 0 saturated carbocycles. The SMILES string of the molecule is CCOC(=O)CC[C@H](C)C(=O)O. The van der Waals surface area contributed by atoms with Crippen LogP contribution in [0.15, 0.2) is 0 Å². The molecule has 70 valence electrons. The summed E-state index contributed by atoms with van der Waals surface area (Å²) in [5.74, 6) is -1.68. The average molecular weight is 174 g/mol. The Kier molecular flexibility index (Phi) is 5.08. The molecule has 0 heterocycles. The second-order valence-corrected chi connectivity index (χ2v) is 2.58. The first kappa shape index (κ1) is 10.9. The molecular weight excluding hydrogens is 160 g/mol. The van der Waals surface area contributed by atoms with Gasteiger partial charge in [-0.15, -0.1) is 0 Å². The van der Waals surface area contributed by atoms with Crippen molar-refractivity contribution in [3.8, 4) is 0 Å². The first-order valence-electron chi connectivity index (χ1n) is 3.96. The van der Waals surface area contributed by atoms with Gasteiger partial charge in [0.2, 0.25) is 0 Å². The Bertz CT molecular complexity index is 164. The molecule has 4 nitrogen and oxygen atoms in total. The van der Waals surface area contributed by atoms with Crippen LogP contribution in [0, 0.1) is 5.92 Å². The van der Waals surface area contributed by atoms with E-state index in [0.717, 1.165) is 0 Å². The number of carbonyl (C=O) groups is 2. The van der Waals surface area contributed by atoms with Gasteiger partial charge in [-0.3, -0.25) is 9.59 Å². The van der Waals surface area contributed by atoms with E-state index in [2.05, 4.69) is 4.74 Å². The lowest BCUT2D eigenvalue weighted by Gasteiger charge is -2.04. The van der Waals surface area contributed by atoms with Gasteiger partial charge in [-0.2, -0.15) is 0 Å². The molecule has 4 heteroatoms. The fraction of sp³-hybridized carbons (Fsp3) is 0.750. The quantitative estimate of drug-likeness (QED) is 0.633. The summed E-state index contributed by atoms with van der Waals surface area (Å²) in [4.78, 5) is 21.1. The normalized spacial score (nSPS) is 12.2. The zero-order valence-electron chi connectivity index (χ0n) is 7.37. The number of carbonyl (C=O) groups excluding carboxylic acids is 1. The third kappa shape index (κ3) is 4.71. The number of ether oxygens (including phenoxy) is 1.